The lowest BCUT2D eigenvalue weighted by Gasteiger charge is -2.08. The van der Waals surface area contributed by atoms with Crippen LogP contribution in [0.1, 0.15) is 0 Å². The fraction of sp³-hybridized carbons (Fsp3) is 0. The Bertz CT molecular complexity index is 955. The van der Waals surface area contributed by atoms with Gasteiger partial charge < -0.3 is 20.4 Å². The number of phenols is 4. The molecule has 0 fully saturated rings. The van der Waals surface area contributed by atoms with Crippen molar-refractivity contribution >= 4 is 104 Å². The minimum atomic E-state index is -0.729. The van der Waals surface area contributed by atoms with Crippen molar-refractivity contribution in [3.8, 4) is 23.0 Å². The van der Waals surface area contributed by atoms with E-state index < -0.39 is 43.2 Å². The number of carbonyl (C=O) groups is 2. The van der Waals surface area contributed by atoms with E-state index in [0.717, 1.165) is 0 Å². The fourth-order valence-electron chi connectivity index (χ4n) is 1.66. The van der Waals surface area contributed by atoms with Crippen LogP contribution < -0.4 is 0 Å². The summed E-state index contributed by atoms with van der Waals surface area (Å²) in [5, 5.41) is 33.3. The summed E-state index contributed by atoms with van der Waals surface area (Å²) in [7, 11) is 0. The molecule has 0 spiro atoms. The molecule has 6 nitrogen and oxygen atoms in total. The Balaban J connectivity index is 0.000000245. The summed E-state index contributed by atoms with van der Waals surface area (Å²) in [6.45, 7) is 0. The molecule has 14 heteroatoms. The van der Waals surface area contributed by atoms with E-state index >= 15 is 0 Å². The fourth-order valence-corrected chi connectivity index (χ4v) is 3.31. The van der Waals surface area contributed by atoms with E-state index in [1.807, 2.05) is 0 Å². The zero-order chi connectivity index (χ0) is 24.9. The number of ketones is 2. The van der Waals surface area contributed by atoms with E-state index in [2.05, 4.69) is 0 Å². The summed E-state index contributed by atoms with van der Waals surface area (Å²) in [4.78, 5) is 22.0. The van der Waals surface area contributed by atoms with Crippen molar-refractivity contribution in [3.05, 3.63) is 64.5 Å². The number of halogens is 8. The van der Waals surface area contributed by atoms with Crippen molar-refractivity contribution in [2.45, 2.75) is 0 Å². The number of carbonyl (C=O) groups excluding carboxylic acids is 2. The first-order valence-electron chi connectivity index (χ1n) is 7.64. The molecule has 1 aliphatic carbocycles. The Morgan fingerprint density at radius 3 is 0.938 bits per heavy atom. The number of benzene rings is 2. The second kappa shape index (κ2) is 12.3. The first kappa shape index (κ1) is 28.8. The number of phenolic OH excluding ortho intramolecular Hbond substituents is 4. The van der Waals surface area contributed by atoms with Crippen LogP contribution in [-0.4, -0.2) is 32.0 Å². The first-order valence-corrected chi connectivity index (χ1v) is 10.7. The van der Waals surface area contributed by atoms with Crippen molar-refractivity contribution in [1.82, 2.24) is 0 Å². The molecule has 32 heavy (non-hydrogen) atoms. The van der Waals surface area contributed by atoms with Crippen LogP contribution in [-0.2, 0) is 9.59 Å². The molecule has 3 rings (SSSR count). The number of hydrogen-bond donors (Lipinski definition) is 4. The smallest absolute Gasteiger partial charge is 0.219 e. The SMILES string of the molecule is O=C1C(Cl)=C(Cl)C(=O)C(Cl)=C1Cl.Oc1c(O)c(Cl)c(Cl)c(Cl)c1Cl.Oc1ccccc1O. The van der Waals surface area contributed by atoms with Gasteiger partial charge in [0, 0.05) is 0 Å². The summed E-state index contributed by atoms with van der Waals surface area (Å²) < 4.78 is 0. The second-order valence-electron chi connectivity index (χ2n) is 5.36. The summed E-state index contributed by atoms with van der Waals surface area (Å²) in [6, 6.07) is 6.15. The van der Waals surface area contributed by atoms with Crippen molar-refractivity contribution < 1.29 is 30.0 Å². The Labute approximate surface area is 220 Å². The van der Waals surface area contributed by atoms with Gasteiger partial charge in [-0.15, -0.1) is 0 Å². The van der Waals surface area contributed by atoms with Gasteiger partial charge in [-0.1, -0.05) is 105 Å². The monoisotopic (exact) mass is 600 g/mol. The molecule has 2 aromatic rings. The zero-order valence-corrected chi connectivity index (χ0v) is 21.0. The third-order valence-electron chi connectivity index (χ3n) is 3.28. The third-order valence-corrected chi connectivity index (χ3v) is 6.70. The molecule has 0 heterocycles. The summed E-state index contributed by atoms with van der Waals surface area (Å²) >= 11 is 43.5. The number of Topliss-reactive ketones (excluding diaryl/α,β-unsaturated/α-hetero) is 2. The maximum absolute atomic E-state index is 11.0. The van der Waals surface area contributed by atoms with Crippen LogP contribution in [0.2, 0.25) is 20.1 Å². The minimum Gasteiger partial charge on any atom is -0.504 e. The average molecular weight is 604 g/mol. The average Bonchev–Trinajstić information content (AvgIpc) is 2.79. The molecule has 4 N–H and O–H groups in total. The Kier molecular flexibility index (Phi) is 11.1. The van der Waals surface area contributed by atoms with E-state index in [4.69, 9.17) is 113 Å². The molecule has 0 saturated carbocycles. The molecular formula is C18H8Cl8O6. The lowest BCUT2D eigenvalue weighted by molar-refractivity contribution is -0.114. The number of hydrogen-bond acceptors (Lipinski definition) is 6. The minimum absolute atomic E-state index is 0.0764. The molecule has 0 saturated heterocycles. The van der Waals surface area contributed by atoms with Gasteiger partial charge in [0.2, 0.25) is 11.6 Å². The van der Waals surface area contributed by atoms with Crippen LogP contribution in [0, 0.1) is 0 Å². The quantitative estimate of drug-likeness (QED) is 0.109. The van der Waals surface area contributed by atoms with Crippen LogP contribution in [0.25, 0.3) is 0 Å². The lowest BCUT2D eigenvalue weighted by atomic mass is 10.1. The van der Waals surface area contributed by atoms with Gasteiger partial charge in [-0.25, -0.2) is 0 Å². The highest BCUT2D eigenvalue weighted by molar-refractivity contribution is 6.69. The molecule has 0 amide bonds. The van der Waals surface area contributed by atoms with E-state index in [1.165, 1.54) is 12.1 Å². The predicted molar refractivity (Wildman–Crippen MR) is 127 cm³/mol. The van der Waals surface area contributed by atoms with Crippen LogP contribution in [0.5, 0.6) is 23.0 Å². The predicted octanol–water partition coefficient (Wildman–Crippen LogP) is 7.33. The maximum atomic E-state index is 11.0. The molecule has 0 unspecified atom stereocenters. The first-order chi connectivity index (χ1) is 14.7. The van der Waals surface area contributed by atoms with E-state index in [-0.39, 0.29) is 31.6 Å². The normalized spacial score (nSPS) is 13.4. The Morgan fingerprint density at radius 2 is 0.719 bits per heavy atom. The van der Waals surface area contributed by atoms with Gasteiger partial charge in [0.25, 0.3) is 0 Å². The van der Waals surface area contributed by atoms with E-state index in [0.29, 0.717) is 0 Å². The van der Waals surface area contributed by atoms with Crippen LogP contribution in [0.15, 0.2) is 44.4 Å². The summed E-state index contributed by atoms with van der Waals surface area (Å²) in [5.74, 6) is -2.76. The summed E-state index contributed by atoms with van der Waals surface area (Å²) in [6.07, 6.45) is 0. The van der Waals surface area contributed by atoms with Crippen molar-refractivity contribution in [1.29, 1.82) is 0 Å². The van der Waals surface area contributed by atoms with E-state index in [1.54, 1.807) is 12.1 Å². The Morgan fingerprint density at radius 1 is 0.469 bits per heavy atom. The van der Waals surface area contributed by atoms with Gasteiger partial charge in [-0.3, -0.25) is 9.59 Å². The highest BCUT2D eigenvalue weighted by atomic mass is 35.5. The highest BCUT2D eigenvalue weighted by Crippen LogP contribution is 2.48. The number of allylic oxidation sites excluding steroid dienone is 4. The molecule has 0 atom stereocenters. The third kappa shape index (κ3) is 6.65. The second-order valence-corrected chi connectivity index (χ2v) is 8.38. The van der Waals surface area contributed by atoms with Gasteiger partial charge in [0.05, 0.1) is 10.0 Å². The van der Waals surface area contributed by atoms with Crippen molar-refractivity contribution in [2.75, 3.05) is 0 Å². The van der Waals surface area contributed by atoms with Gasteiger partial charge in [-0.2, -0.15) is 0 Å². The van der Waals surface area contributed by atoms with Crippen LogP contribution in [0.3, 0.4) is 0 Å². The highest BCUT2D eigenvalue weighted by Gasteiger charge is 2.31. The molecule has 2 aromatic carbocycles. The van der Waals surface area contributed by atoms with Gasteiger partial charge in [0.15, 0.2) is 23.0 Å². The molecule has 0 bridgehead atoms. The van der Waals surface area contributed by atoms with Crippen LogP contribution in [0.4, 0.5) is 0 Å². The summed E-state index contributed by atoms with van der Waals surface area (Å²) in [5.41, 5.74) is 0. The van der Waals surface area contributed by atoms with Gasteiger partial charge in [-0.05, 0) is 12.1 Å². The standard InChI is InChI=1S/C6Cl4O2.C6H2Cl4O2.C6H6O2/c7-1-2(8)6(12)4(10)3(9)5(1)11;7-1-2(8)4(10)6(12)5(11)3(1)9;7-5-3-1-2-4-6(5)8/h;11-12H;1-4,7-8H. The van der Waals surface area contributed by atoms with E-state index in [9.17, 15) is 9.59 Å². The molecule has 1 aliphatic rings. The topological polar surface area (TPSA) is 115 Å². The number of aromatic hydroxyl groups is 4. The van der Waals surface area contributed by atoms with Crippen molar-refractivity contribution in [3.63, 3.8) is 0 Å². The molecule has 0 aromatic heterocycles. The molecule has 0 aliphatic heterocycles. The lowest BCUT2D eigenvalue weighted by Crippen LogP contribution is -2.14. The number of para-hydroxylation sites is 2. The van der Waals surface area contributed by atoms with Gasteiger partial charge in [0.1, 0.15) is 30.2 Å². The van der Waals surface area contributed by atoms with Gasteiger partial charge >= 0.3 is 0 Å². The maximum Gasteiger partial charge on any atom is 0.219 e. The zero-order valence-electron chi connectivity index (χ0n) is 14.9. The molecule has 0 radical (unpaired) electrons. The molecule has 172 valence electrons. The van der Waals surface area contributed by atoms with Crippen molar-refractivity contribution in [2.24, 2.45) is 0 Å². The largest absolute Gasteiger partial charge is 0.504 e. The molecular weight excluding hydrogens is 596 g/mol. The van der Waals surface area contributed by atoms with Crippen LogP contribution >= 0.6 is 92.8 Å². The number of rotatable bonds is 0. The Hall–Kier alpha value is -1.22.